The van der Waals surface area contributed by atoms with E-state index < -0.39 is 5.60 Å². The molecule has 0 saturated heterocycles. The zero-order valence-corrected chi connectivity index (χ0v) is 10.8. The van der Waals surface area contributed by atoms with E-state index in [9.17, 15) is 5.11 Å². The molecule has 0 aliphatic rings. The van der Waals surface area contributed by atoms with Gasteiger partial charge in [-0.3, -0.25) is 0 Å². The van der Waals surface area contributed by atoms with Gasteiger partial charge in [0, 0.05) is 26.7 Å². The molecular formula is C12H24N2O2. The van der Waals surface area contributed by atoms with Crippen molar-refractivity contribution in [3.63, 3.8) is 0 Å². The average Bonchev–Trinajstić information content (AvgIpc) is 2.22. The van der Waals surface area contributed by atoms with Crippen LogP contribution in [0, 0.1) is 16.7 Å². The third-order valence-electron chi connectivity index (χ3n) is 2.58. The Morgan fingerprint density at radius 1 is 1.31 bits per heavy atom. The zero-order valence-electron chi connectivity index (χ0n) is 10.8. The number of nitriles is 1. The Balaban J connectivity index is 3.70. The molecule has 94 valence electrons. The van der Waals surface area contributed by atoms with Gasteiger partial charge in [0.15, 0.2) is 0 Å². The Morgan fingerprint density at radius 2 is 1.94 bits per heavy atom. The maximum absolute atomic E-state index is 9.92. The fraction of sp³-hybridized carbons (Fsp3) is 0.917. The minimum absolute atomic E-state index is 0.300. The fourth-order valence-corrected chi connectivity index (χ4v) is 1.22. The van der Waals surface area contributed by atoms with Crippen molar-refractivity contribution < 1.29 is 9.84 Å². The summed E-state index contributed by atoms with van der Waals surface area (Å²) in [5.74, 6) is 0. The summed E-state index contributed by atoms with van der Waals surface area (Å²) in [4.78, 5) is 0. The number of aliphatic hydroxyl groups is 1. The van der Waals surface area contributed by atoms with E-state index in [1.165, 1.54) is 0 Å². The number of ether oxygens (including phenoxy) is 1. The van der Waals surface area contributed by atoms with Gasteiger partial charge in [-0.25, -0.2) is 0 Å². The van der Waals surface area contributed by atoms with Crippen LogP contribution in [0.3, 0.4) is 0 Å². The highest BCUT2D eigenvalue weighted by molar-refractivity contribution is 4.92. The van der Waals surface area contributed by atoms with Crippen molar-refractivity contribution in [2.75, 3.05) is 26.8 Å². The summed E-state index contributed by atoms with van der Waals surface area (Å²) in [5.41, 5.74) is -1.04. The van der Waals surface area contributed by atoms with Crippen molar-refractivity contribution in [2.45, 2.75) is 39.2 Å². The first-order valence-electron chi connectivity index (χ1n) is 5.66. The molecule has 0 radical (unpaired) electrons. The first-order valence-corrected chi connectivity index (χ1v) is 5.66. The smallest absolute Gasteiger partial charge is 0.0765 e. The fourth-order valence-electron chi connectivity index (χ4n) is 1.22. The first kappa shape index (κ1) is 15.4. The number of nitrogens with one attached hydrogen (secondary N) is 1. The maximum atomic E-state index is 9.92. The molecule has 1 unspecified atom stereocenters. The van der Waals surface area contributed by atoms with Gasteiger partial charge in [-0.1, -0.05) is 0 Å². The van der Waals surface area contributed by atoms with Crippen LogP contribution in [-0.2, 0) is 4.74 Å². The SMILES string of the molecule is COCCC(C)(O)CNCCC(C)(C)C#N. The molecule has 0 aliphatic heterocycles. The second-order valence-electron chi connectivity index (χ2n) is 5.16. The van der Waals surface area contributed by atoms with Gasteiger partial charge < -0.3 is 15.2 Å². The summed E-state index contributed by atoms with van der Waals surface area (Å²) in [5, 5.41) is 21.9. The molecule has 0 aliphatic carbocycles. The lowest BCUT2D eigenvalue weighted by molar-refractivity contribution is 0.0248. The second kappa shape index (κ2) is 6.85. The van der Waals surface area contributed by atoms with Crippen molar-refractivity contribution in [3.8, 4) is 6.07 Å². The molecule has 0 rings (SSSR count). The molecule has 1 atom stereocenters. The lowest BCUT2D eigenvalue weighted by atomic mass is 9.91. The number of methoxy groups -OCH3 is 1. The molecule has 0 aromatic rings. The lowest BCUT2D eigenvalue weighted by Gasteiger charge is -2.24. The van der Waals surface area contributed by atoms with Gasteiger partial charge >= 0.3 is 0 Å². The molecule has 0 spiro atoms. The van der Waals surface area contributed by atoms with Crippen molar-refractivity contribution >= 4 is 0 Å². The molecular weight excluding hydrogens is 204 g/mol. The predicted molar refractivity (Wildman–Crippen MR) is 64.0 cm³/mol. The number of nitrogens with zero attached hydrogens (tertiary/aromatic N) is 1. The topological polar surface area (TPSA) is 65.3 Å². The molecule has 0 bridgehead atoms. The minimum atomic E-state index is -0.743. The highest BCUT2D eigenvalue weighted by Gasteiger charge is 2.20. The average molecular weight is 228 g/mol. The standard InChI is InChI=1S/C12H24N2O2/c1-11(2,9-13)5-7-14-10-12(3,15)6-8-16-4/h14-15H,5-8,10H2,1-4H3. The van der Waals surface area contributed by atoms with Gasteiger partial charge in [0.2, 0.25) is 0 Å². The summed E-state index contributed by atoms with van der Waals surface area (Å²) in [6.07, 6.45) is 1.39. The normalized spacial score (nSPS) is 15.5. The van der Waals surface area contributed by atoms with E-state index in [-0.39, 0.29) is 5.41 Å². The molecule has 0 aromatic heterocycles. The number of hydrogen-bond donors (Lipinski definition) is 2. The third-order valence-corrected chi connectivity index (χ3v) is 2.58. The van der Waals surface area contributed by atoms with Gasteiger partial charge in [0.05, 0.1) is 17.1 Å². The van der Waals surface area contributed by atoms with Crippen molar-refractivity contribution in [1.29, 1.82) is 5.26 Å². The van der Waals surface area contributed by atoms with Crippen LogP contribution in [-0.4, -0.2) is 37.5 Å². The Kier molecular flexibility index (Phi) is 6.58. The molecule has 0 amide bonds. The predicted octanol–water partition coefficient (Wildman–Crippen LogP) is 1.30. The van der Waals surface area contributed by atoms with E-state index in [0.717, 1.165) is 13.0 Å². The monoisotopic (exact) mass is 228 g/mol. The van der Waals surface area contributed by atoms with Crippen LogP contribution in [0.1, 0.15) is 33.6 Å². The highest BCUT2D eigenvalue weighted by Crippen LogP contribution is 2.17. The lowest BCUT2D eigenvalue weighted by Crippen LogP contribution is -2.39. The molecule has 0 fully saturated rings. The summed E-state index contributed by atoms with van der Waals surface area (Å²) >= 11 is 0. The van der Waals surface area contributed by atoms with Gasteiger partial charge in [-0.05, 0) is 33.7 Å². The molecule has 4 nitrogen and oxygen atoms in total. The van der Waals surface area contributed by atoms with Crippen LogP contribution in [0.15, 0.2) is 0 Å². The van der Waals surface area contributed by atoms with E-state index in [1.807, 2.05) is 13.8 Å². The quantitative estimate of drug-likeness (QED) is 0.615. The molecule has 0 aromatic carbocycles. The Labute approximate surface area is 98.6 Å². The van der Waals surface area contributed by atoms with E-state index in [0.29, 0.717) is 19.6 Å². The van der Waals surface area contributed by atoms with Gasteiger partial charge in [-0.15, -0.1) is 0 Å². The second-order valence-corrected chi connectivity index (χ2v) is 5.16. The Hall–Kier alpha value is -0.630. The molecule has 0 saturated carbocycles. The van der Waals surface area contributed by atoms with Crippen molar-refractivity contribution in [3.05, 3.63) is 0 Å². The number of rotatable bonds is 8. The van der Waals surface area contributed by atoms with Crippen molar-refractivity contribution in [2.24, 2.45) is 5.41 Å². The molecule has 4 heteroatoms. The van der Waals surface area contributed by atoms with E-state index >= 15 is 0 Å². The summed E-state index contributed by atoms with van der Waals surface area (Å²) < 4.78 is 4.92. The molecule has 16 heavy (non-hydrogen) atoms. The third kappa shape index (κ3) is 7.63. The van der Waals surface area contributed by atoms with E-state index in [1.54, 1.807) is 14.0 Å². The van der Waals surface area contributed by atoms with Crippen LogP contribution in [0.5, 0.6) is 0 Å². The van der Waals surface area contributed by atoms with Crippen LogP contribution >= 0.6 is 0 Å². The Morgan fingerprint density at radius 3 is 2.44 bits per heavy atom. The maximum Gasteiger partial charge on any atom is 0.0765 e. The van der Waals surface area contributed by atoms with Crippen LogP contribution in [0.2, 0.25) is 0 Å². The van der Waals surface area contributed by atoms with Gasteiger partial charge in [0.1, 0.15) is 0 Å². The zero-order chi connectivity index (χ0) is 12.7. The molecule has 0 heterocycles. The molecule has 2 N–H and O–H groups in total. The van der Waals surface area contributed by atoms with Gasteiger partial charge in [0.25, 0.3) is 0 Å². The van der Waals surface area contributed by atoms with Crippen LogP contribution in [0.4, 0.5) is 0 Å². The van der Waals surface area contributed by atoms with E-state index in [4.69, 9.17) is 10.00 Å². The summed E-state index contributed by atoms with van der Waals surface area (Å²) in [6, 6.07) is 2.25. The summed E-state index contributed by atoms with van der Waals surface area (Å²) in [6.45, 7) is 7.43. The summed E-state index contributed by atoms with van der Waals surface area (Å²) in [7, 11) is 1.62. The highest BCUT2D eigenvalue weighted by atomic mass is 16.5. The van der Waals surface area contributed by atoms with Crippen molar-refractivity contribution in [1.82, 2.24) is 5.32 Å². The van der Waals surface area contributed by atoms with Gasteiger partial charge in [-0.2, -0.15) is 5.26 Å². The van der Waals surface area contributed by atoms with Crippen LogP contribution < -0.4 is 5.32 Å². The number of hydrogen-bond acceptors (Lipinski definition) is 4. The largest absolute Gasteiger partial charge is 0.389 e. The minimum Gasteiger partial charge on any atom is -0.389 e. The van der Waals surface area contributed by atoms with Crippen LogP contribution in [0.25, 0.3) is 0 Å². The first-order chi connectivity index (χ1) is 7.33. The van der Waals surface area contributed by atoms with E-state index in [2.05, 4.69) is 11.4 Å². The Bertz CT molecular complexity index is 232.